The predicted molar refractivity (Wildman–Crippen MR) is 71.9 cm³/mol. The average Bonchev–Trinajstić information content (AvgIpc) is 3.20. The maximum atomic E-state index is 12.3. The van der Waals surface area contributed by atoms with Crippen LogP contribution in [0.2, 0.25) is 0 Å². The van der Waals surface area contributed by atoms with E-state index in [1.807, 2.05) is 0 Å². The molecule has 3 rings (SSSR count). The third-order valence-electron chi connectivity index (χ3n) is 4.62. The standard InChI is InChI=1S/C13H22N2O3S/c16-13-3-6-15(7-5-14-13)19(17,18)8-4-11-9-12(11)10-1-2-10/h10-12H,1-9H2,(H,14,16)/t11-,12+/m1/s1. The molecule has 0 aromatic rings. The third kappa shape index (κ3) is 3.28. The van der Waals surface area contributed by atoms with Crippen molar-refractivity contribution < 1.29 is 13.2 Å². The summed E-state index contributed by atoms with van der Waals surface area (Å²) in [4.78, 5) is 11.2. The number of sulfonamides is 1. The van der Waals surface area contributed by atoms with E-state index >= 15 is 0 Å². The van der Waals surface area contributed by atoms with Gasteiger partial charge in [0.2, 0.25) is 15.9 Å². The maximum Gasteiger partial charge on any atom is 0.221 e. The van der Waals surface area contributed by atoms with Gasteiger partial charge in [0.1, 0.15) is 0 Å². The van der Waals surface area contributed by atoms with Crippen LogP contribution in [0.15, 0.2) is 0 Å². The van der Waals surface area contributed by atoms with Crippen LogP contribution in [0.4, 0.5) is 0 Å². The molecule has 5 nitrogen and oxygen atoms in total. The van der Waals surface area contributed by atoms with Crippen LogP contribution in [0.1, 0.15) is 32.1 Å². The van der Waals surface area contributed by atoms with E-state index in [0.29, 0.717) is 25.6 Å². The van der Waals surface area contributed by atoms with Gasteiger partial charge in [-0.2, -0.15) is 4.31 Å². The van der Waals surface area contributed by atoms with Crippen molar-refractivity contribution in [3.8, 4) is 0 Å². The van der Waals surface area contributed by atoms with E-state index in [1.54, 1.807) is 0 Å². The van der Waals surface area contributed by atoms with Crippen molar-refractivity contribution in [3.63, 3.8) is 0 Å². The van der Waals surface area contributed by atoms with E-state index < -0.39 is 10.0 Å². The first kappa shape index (κ1) is 13.4. The highest BCUT2D eigenvalue weighted by Crippen LogP contribution is 2.55. The van der Waals surface area contributed by atoms with Gasteiger partial charge in [-0.15, -0.1) is 0 Å². The van der Waals surface area contributed by atoms with Crippen LogP contribution in [0.3, 0.4) is 0 Å². The number of hydrogen-bond acceptors (Lipinski definition) is 3. The fourth-order valence-corrected chi connectivity index (χ4v) is 4.76. The van der Waals surface area contributed by atoms with E-state index in [4.69, 9.17) is 0 Å². The van der Waals surface area contributed by atoms with Crippen molar-refractivity contribution in [2.24, 2.45) is 17.8 Å². The zero-order valence-electron chi connectivity index (χ0n) is 11.2. The molecule has 19 heavy (non-hydrogen) atoms. The molecule has 1 heterocycles. The van der Waals surface area contributed by atoms with Gasteiger partial charge >= 0.3 is 0 Å². The van der Waals surface area contributed by atoms with Crippen molar-refractivity contribution in [2.45, 2.75) is 32.1 Å². The summed E-state index contributed by atoms with van der Waals surface area (Å²) < 4.78 is 26.0. The van der Waals surface area contributed by atoms with Crippen molar-refractivity contribution in [2.75, 3.05) is 25.4 Å². The number of carbonyl (C=O) groups excluding carboxylic acids is 1. The topological polar surface area (TPSA) is 66.5 Å². The average molecular weight is 286 g/mol. The highest BCUT2D eigenvalue weighted by Gasteiger charge is 2.47. The number of rotatable bonds is 5. The summed E-state index contributed by atoms with van der Waals surface area (Å²) >= 11 is 0. The second-order valence-electron chi connectivity index (χ2n) is 6.10. The molecule has 0 bridgehead atoms. The second kappa shape index (κ2) is 5.05. The normalized spacial score (nSPS) is 32.7. The SMILES string of the molecule is O=C1CCN(S(=O)(=O)CC[C@@H]2C[C@H]2C2CC2)CCN1. The van der Waals surface area contributed by atoms with Crippen LogP contribution < -0.4 is 5.32 Å². The monoisotopic (exact) mass is 286 g/mol. The Kier molecular flexibility index (Phi) is 3.55. The van der Waals surface area contributed by atoms with Crippen LogP contribution in [0.25, 0.3) is 0 Å². The summed E-state index contributed by atoms with van der Waals surface area (Å²) in [6.45, 7) is 1.20. The molecule has 1 saturated heterocycles. The molecule has 0 unspecified atom stereocenters. The van der Waals surface area contributed by atoms with E-state index in [1.165, 1.54) is 23.6 Å². The lowest BCUT2D eigenvalue weighted by Crippen LogP contribution is -2.36. The minimum Gasteiger partial charge on any atom is -0.355 e. The molecule has 1 aliphatic heterocycles. The van der Waals surface area contributed by atoms with Crippen LogP contribution in [0, 0.1) is 17.8 Å². The fraction of sp³-hybridized carbons (Fsp3) is 0.923. The summed E-state index contributed by atoms with van der Waals surface area (Å²) in [6, 6.07) is 0. The second-order valence-corrected chi connectivity index (χ2v) is 8.19. The first-order valence-corrected chi connectivity index (χ1v) is 8.92. The lowest BCUT2D eigenvalue weighted by Gasteiger charge is -2.19. The molecule has 108 valence electrons. The number of amides is 1. The number of nitrogens with one attached hydrogen (secondary N) is 1. The van der Waals surface area contributed by atoms with Crippen molar-refractivity contribution in [3.05, 3.63) is 0 Å². The Bertz CT molecular complexity index is 459. The summed E-state index contributed by atoms with van der Waals surface area (Å²) in [5.41, 5.74) is 0. The molecule has 6 heteroatoms. The Hall–Kier alpha value is -0.620. The van der Waals surface area contributed by atoms with Gasteiger partial charge in [0.25, 0.3) is 0 Å². The zero-order chi connectivity index (χ0) is 13.5. The van der Waals surface area contributed by atoms with Crippen LogP contribution in [-0.4, -0.2) is 44.0 Å². The van der Waals surface area contributed by atoms with Gasteiger partial charge in [-0.05, 0) is 43.4 Å². The van der Waals surface area contributed by atoms with Crippen LogP contribution in [0.5, 0.6) is 0 Å². The van der Waals surface area contributed by atoms with Gasteiger partial charge in [-0.1, -0.05) is 0 Å². The van der Waals surface area contributed by atoms with Gasteiger partial charge in [-0.25, -0.2) is 8.42 Å². The molecule has 1 amide bonds. The van der Waals surface area contributed by atoms with E-state index in [2.05, 4.69) is 5.32 Å². The molecule has 1 N–H and O–H groups in total. The van der Waals surface area contributed by atoms with Gasteiger partial charge in [-0.3, -0.25) is 4.79 Å². The van der Waals surface area contributed by atoms with Gasteiger partial charge in [0.05, 0.1) is 5.75 Å². The van der Waals surface area contributed by atoms with E-state index in [0.717, 1.165) is 18.3 Å². The zero-order valence-corrected chi connectivity index (χ0v) is 12.0. The summed E-state index contributed by atoms with van der Waals surface area (Å²) in [5.74, 6) is 2.59. The van der Waals surface area contributed by atoms with Gasteiger partial charge in [0, 0.05) is 26.1 Å². The smallest absolute Gasteiger partial charge is 0.221 e. The summed E-state index contributed by atoms with van der Waals surface area (Å²) in [6.07, 6.45) is 5.04. The lowest BCUT2D eigenvalue weighted by atomic mass is 10.2. The lowest BCUT2D eigenvalue weighted by molar-refractivity contribution is -0.120. The molecular weight excluding hydrogens is 264 g/mol. The molecule has 2 saturated carbocycles. The minimum absolute atomic E-state index is 0.0475. The Morgan fingerprint density at radius 1 is 1.26 bits per heavy atom. The quantitative estimate of drug-likeness (QED) is 0.803. The Balaban J connectivity index is 1.49. The van der Waals surface area contributed by atoms with Crippen molar-refractivity contribution in [1.82, 2.24) is 9.62 Å². The van der Waals surface area contributed by atoms with Crippen molar-refractivity contribution in [1.29, 1.82) is 0 Å². The summed E-state index contributed by atoms with van der Waals surface area (Å²) in [7, 11) is -3.17. The summed E-state index contributed by atoms with van der Waals surface area (Å²) in [5, 5.41) is 2.71. The first-order valence-electron chi connectivity index (χ1n) is 7.31. The fourth-order valence-electron chi connectivity index (χ4n) is 3.16. The molecule has 3 aliphatic rings. The van der Waals surface area contributed by atoms with Crippen LogP contribution in [-0.2, 0) is 14.8 Å². The molecular formula is C13H22N2O3S. The largest absolute Gasteiger partial charge is 0.355 e. The molecule has 0 radical (unpaired) electrons. The predicted octanol–water partition coefficient (Wildman–Crippen LogP) is 0.574. The van der Waals surface area contributed by atoms with Crippen molar-refractivity contribution >= 4 is 15.9 Å². The molecule has 0 spiro atoms. The van der Waals surface area contributed by atoms with Gasteiger partial charge in [0.15, 0.2) is 0 Å². The molecule has 3 fully saturated rings. The van der Waals surface area contributed by atoms with Crippen LogP contribution >= 0.6 is 0 Å². The Labute approximate surface area is 114 Å². The molecule has 0 aromatic heterocycles. The minimum atomic E-state index is -3.17. The van der Waals surface area contributed by atoms with E-state index in [9.17, 15) is 13.2 Å². The number of carbonyl (C=O) groups is 1. The first-order chi connectivity index (χ1) is 9.06. The third-order valence-corrected chi connectivity index (χ3v) is 6.52. The number of hydrogen-bond donors (Lipinski definition) is 1. The van der Waals surface area contributed by atoms with Gasteiger partial charge < -0.3 is 5.32 Å². The highest BCUT2D eigenvalue weighted by molar-refractivity contribution is 7.89. The Morgan fingerprint density at radius 2 is 2.05 bits per heavy atom. The molecule has 2 aliphatic carbocycles. The van der Waals surface area contributed by atoms with E-state index in [-0.39, 0.29) is 18.1 Å². The number of nitrogens with zero attached hydrogens (tertiary/aromatic N) is 1. The molecule has 2 atom stereocenters. The maximum absolute atomic E-state index is 12.3. The Morgan fingerprint density at radius 3 is 2.79 bits per heavy atom. The molecule has 0 aromatic carbocycles. The highest BCUT2D eigenvalue weighted by atomic mass is 32.2.